The van der Waals surface area contributed by atoms with Gasteiger partial charge < -0.3 is 16.2 Å². The number of ether oxygens (including phenoxy) is 1. The lowest BCUT2D eigenvalue weighted by Gasteiger charge is -2.15. The molecule has 1 aromatic rings. The molecule has 0 radical (unpaired) electrons. The van der Waals surface area contributed by atoms with E-state index in [0.29, 0.717) is 6.61 Å². The molecular formula is C14H24N2O. The van der Waals surface area contributed by atoms with E-state index in [-0.39, 0.29) is 12.1 Å². The Morgan fingerprint density at radius 3 is 2.47 bits per heavy atom. The average molecular weight is 236 g/mol. The standard InChI is InChI=1S/C14H24N2O/c1-4-17-14-8-6-12(9-10(14)2)13(16)7-5-11(3)15/h6,8-9,11,13H,4-5,7,15-16H2,1-3H3. The topological polar surface area (TPSA) is 61.3 Å². The zero-order chi connectivity index (χ0) is 12.8. The van der Waals surface area contributed by atoms with E-state index in [1.165, 1.54) is 0 Å². The van der Waals surface area contributed by atoms with Crippen LogP contribution in [0.25, 0.3) is 0 Å². The molecule has 0 amide bonds. The zero-order valence-electron chi connectivity index (χ0n) is 11.1. The van der Waals surface area contributed by atoms with Crippen LogP contribution in [0.15, 0.2) is 18.2 Å². The molecule has 0 saturated carbocycles. The summed E-state index contributed by atoms with van der Waals surface area (Å²) in [4.78, 5) is 0. The highest BCUT2D eigenvalue weighted by atomic mass is 16.5. The zero-order valence-corrected chi connectivity index (χ0v) is 11.1. The second kappa shape index (κ2) is 6.62. The number of hydrogen-bond donors (Lipinski definition) is 2. The van der Waals surface area contributed by atoms with Gasteiger partial charge in [0.25, 0.3) is 0 Å². The van der Waals surface area contributed by atoms with E-state index in [9.17, 15) is 0 Å². The van der Waals surface area contributed by atoms with Gasteiger partial charge in [0.1, 0.15) is 5.75 Å². The largest absolute Gasteiger partial charge is 0.494 e. The molecule has 3 nitrogen and oxygen atoms in total. The van der Waals surface area contributed by atoms with E-state index >= 15 is 0 Å². The molecule has 2 atom stereocenters. The molecule has 0 heterocycles. The minimum Gasteiger partial charge on any atom is -0.494 e. The molecule has 0 aromatic heterocycles. The highest BCUT2D eigenvalue weighted by molar-refractivity contribution is 5.37. The van der Waals surface area contributed by atoms with Crippen molar-refractivity contribution in [3.8, 4) is 5.75 Å². The van der Waals surface area contributed by atoms with Crippen LogP contribution >= 0.6 is 0 Å². The van der Waals surface area contributed by atoms with Gasteiger partial charge in [-0.2, -0.15) is 0 Å². The molecule has 0 fully saturated rings. The molecule has 1 aromatic carbocycles. The van der Waals surface area contributed by atoms with Crippen LogP contribution in [0.3, 0.4) is 0 Å². The predicted octanol–water partition coefficient (Wildman–Crippen LogP) is 2.52. The Kier molecular flexibility index (Phi) is 5.45. The third-order valence-electron chi connectivity index (χ3n) is 2.86. The highest BCUT2D eigenvalue weighted by Crippen LogP contribution is 2.24. The van der Waals surface area contributed by atoms with Gasteiger partial charge in [0.05, 0.1) is 6.61 Å². The van der Waals surface area contributed by atoms with Gasteiger partial charge in [0.15, 0.2) is 0 Å². The summed E-state index contributed by atoms with van der Waals surface area (Å²) < 4.78 is 5.51. The first-order valence-electron chi connectivity index (χ1n) is 6.29. The molecule has 96 valence electrons. The number of nitrogens with two attached hydrogens (primary N) is 2. The van der Waals surface area contributed by atoms with E-state index in [1.807, 2.05) is 32.9 Å². The van der Waals surface area contributed by atoms with Crippen molar-refractivity contribution in [1.82, 2.24) is 0 Å². The second-order valence-corrected chi connectivity index (χ2v) is 4.62. The predicted molar refractivity (Wildman–Crippen MR) is 72.2 cm³/mol. The van der Waals surface area contributed by atoms with Gasteiger partial charge in [0, 0.05) is 12.1 Å². The van der Waals surface area contributed by atoms with E-state index in [1.54, 1.807) is 0 Å². The first-order valence-corrected chi connectivity index (χ1v) is 6.29. The van der Waals surface area contributed by atoms with Gasteiger partial charge in [-0.15, -0.1) is 0 Å². The van der Waals surface area contributed by atoms with Crippen LogP contribution in [0.5, 0.6) is 5.75 Å². The fourth-order valence-corrected chi connectivity index (χ4v) is 1.83. The quantitative estimate of drug-likeness (QED) is 0.798. The number of benzene rings is 1. The summed E-state index contributed by atoms with van der Waals surface area (Å²) in [6.45, 7) is 6.74. The minimum atomic E-state index is 0.0652. The van der Waals surface area contributed by atoms with E-state index in [0.717, 1.165) is 29.7 Å². The van der Waals surface area contributed by atoms with Gasteiger partial charge in [0.2, 0.25) is 0 Å². The van der Waals surface area contributed by atoms with E-state index in [2.05, 4.69) is 6.07 Å². The second-order valence-electron chi connectivity index (χ2n) is 4.62. The lowest BCUT2D eigenvalue weighted by Crippen LogP contribution is -2.19. The summed E-state index contributed by atoms with van der Waals surface area (Å²) in [5.74, 6) is 0.940. The Morgan fingerprint density at radius 2 is 1.94 bits per heavy atom. The first kappa shape index (κ1) is 14.0. The summed E-state index contributed by atoms with van der Waals surface area (Å²) in [5, 5.41) is 0. The summed E-state index contributed by atoms with van der Waals surface area (Å²) in [5.41, 5.74) is 14.2. The smallest absolute Gasteiger partial charge is 0.122 e. The fourth-order valence-electron chi connectivity index (χ4n) is 1.83. The van der Waals surface area contributed by atoms with Gasteiger partial charge >= 0.3 is 0 Å². The fraction of sp³-hybridized carbons (Fsp3) is 0.571. The van der Waals surface area contributed by atoms with Crippen LogP contribution in [0.4, 0.5) is 0 Å². The summed E-state index contributed by atoms with van der Waals surface area (Å²) in [6, 6.07) is 6.43. The third-order valence-corrected chi connectivity index (χ3v) is 2.86. The van der Waals surface area contributed by atoms with Crippen LogP contribution in [-0.2, 0) is 0 Å². The van der Waals surface area contributed by atoms with Crippen LogP contribution in [0.1, 0.15) is 43.9 Å². The molecule has 17 heavy (non-hydrogen) atoms. The van der Waals surface area contributed by atoms with Crippen molar-refractivity contribution in [2.24, 2.45) is 11.5 Å². The Balaban J connectivity index is 2.68. The minimum absolute atomic E-state index is 0.0652. The monoisotopic (exact) mass is 236 g/mol. The van der Waals surface area contributed by atoms with Gasteiger partial charge in [-0.05, 0) is 50.8 Å². The van der Waals surface area contributed by atoms with E-state index < -0.39 is 0 Å². The van der Waals surface area contributed by atoms with Gasteiger partial charge in [-0.25, -0.2) is 0 Å². The van der Waals surface area contributed by atoms with Gasteiger partial charge in [-0.1, -0.05) is 12.1 Å². The summed E-state index contributed by atoms with van der Waals surface area (Å²) in [7, 11) is 0. The Morgan fingerprint density at radius 1 is 1.24 bits per heavy atom. The van der Waals surface area contributed by atoms with E-state index in [4.69, 9.17) is 16.2 Å². The molecule has 3 heteroatoms. The molecule has 0 spiro atoms. The lowest BCUT2D eigenvalue weighted by atomic mass is 9.99. The number of rotatable bonds is 6. The van der Waals surface area contributed by atoms with Crippen molar-refractivity contribution in [3.63, 3.8) is 0 Å². The average Bonchev–Trinajstić information content (AvgIpc) is 2.28. The van der Waals surface area contributed by atoms with Crippen molar-refractivity contribution >= 4 is 0 Å². The van der Waals surface area contributed by atoms with Crippen molar-refractivity contribution in [2.75, 3.05) is 6.61 Å². The molecular weight excluding hydrogens is 212 g/mol. The maximum absolute atomic E-state index is 6.14. The van der Waals surface area contributed by atoms with Crippen LogP contribution in [-0.4, -0.2) is 12.6 Å². The Labute approximate surface area is 104 Å². The molecule has 1 rings (SSSR count). The molecule has 0 aliphatic rings. The number of hydrogen-bond acceptors (Lipinski definition) is 3. The maximum Gasteiger partial charge on any atom is 0.122 e. The molecule has 4 N–H and O–H groups in total. The number of aryl methyl sites for hydroxylation is 1. The molecule has 2 unspecified atom stereocenters. The van der Waals surface area contributed by atoms with Crippen LogP contribution < -0.4 is 16.2 Å². The summed E-state index contributed by atoms with van der Waals surface area (Å²) in [6.07, 6.45) is 1.87. The van der Waals surface area contributed by atoms with Crippen LogP contribution in [0.2, 0.25) is 0 Å². The lowest BCUT2D eigenvalue weighted by molar-refractivity contribution is 0.337. The molecule has 0 aliphatic heterocycles. The van der Waals surface area contributed by atoms with Crippen molar-refractivity contribution in [2.45, 2.75) is 45.7 Å². The maximum atomic E-state index is 6.14. The highest BCUT2D eigenvalue weighted by Gasteiger charge is 2.09. The SMILES string of the molecule is CCOc1ccc(C(N)CCC(C)N)cc1C. The Bertz CT molecular complexity index is 350. The molecule has 0 aliphatic carbocycles. The Hall–Kier alpha value is -1.06. The van der Waals surface area contributed by atoms with Crippen molar-refractivity contribution < 1.29 is 4.74 Å². The van der Waals surface area contributed by atoms with Crippen LogP contribution in [0, 0.1) is 6.92 Å². The molecule has 0 bridgehead atoms. The first-order chi connectivity index (χ1) is 8.04. The van der Waals surface area contributed by atoms with Crippen molar-refractivity contribution in [1.29, 1.82) is 0 Å². The van der Waals surface area contributed by atoms with Gasteiger partial charge in [-0.3, -0.25) is 0 Å². The molecule has 0 saturated heterocycles. The van der Waals surface area contributed by atoms with Crippen molar-refractivity contribution in [3.05, 3.63) is 29.3 Å². The normalized spacial score (nSPS) is 14.4. The third kappa shape index (κ3) is 4.36. The summed E-state index contributed by atoms with van der Waals surface area (Å²) >= 11 is 0.